The third-order valence-corrected chi connectivity index (χ3v) is 19.6. The molecule has 0 spiro atoms. The van der Waals surface area contributed by atoms with Gasteiger partial charge >= 0.3 is 20.3 Å². The lowest BCUT2D eigenvalue weighted by Crippen LogP contribution is -2.70. The Labute approximate surface area is 350 Å². The molecule has 1 aliphatic carbocycles. The summed E-state index contributed by atoms with van der Waals surface area (Å²) in [5.41, 5.74) is -1.12. The molecule has 0 unspecified atom stereocenters. The van der Waals surface area contributed by atoms with Gasteiger partial charge in [-0.1, -0.05) is 99.6 Å². The van der Waals surface area contributed by atoms with Crippen LogP contribution in [0.4, 0.5) is 9.80 Å². The second-order valence-corrected chi connectivity index (χ2v) is 23.4. The Hall–Kier alpha value is -5.09. The van der Waals surface area contributed by atoms with Gasteiger partial charge < -0.3 is 18.3 Å². The maximum atomic E-state index is 15.3. The Balaban J connectivity index is 1.37. The van der Waals surface area contributed by atoms with E-state index in [4.69, 9.17) is 18.3 Å². The van der Waals surface area contributed by atoms with Gasteiger partial charge in [0.1, 0.15) is 33.8 Å². The Bertz CT molecular complexity index is 2400. The number of anilines is 1. The monoisotopic (exact) mass is 855 g/mol. The fourth-order valence-corrected chi connectivity index (χ4v) is 16.3. The number of amides is 2. The normalized spacial score (nSPS) is 16.8. The van der Waals surface area contributed by atoms with Crippen LogP contribution < -0.4 is 20.0 Å². The molecule has 3 aromatic carbocycles. The van der Waals surface area contributed by atoms with Gasteiger partial charge in [0.05, 0.1) is 30.8 Å². The first-order chi connectivity index (χ1) is 28.0. The fraction of sp³-hybridized carbons (Fsp3) is 0.364. The number of fused-ring (bicyclic) bond motifs is 1. The van der Waals surface area contributed by atoms with E-state index in [0.717, 1.165) is 21.7 Å². The lowest BCUT2D eigenvalue weighted by molar-refractivity contribution is -0.143. The van der Waals surface area contributed by atoms with E-state index in [1.807, 2.05) is 99.6 Å². The predicted molar refractivity (Wildman–Crippen MR) is 228 cm³/mol. The molecule has 0 radical (unpaired) electrons. The van der Waals surface area contributed by atoms with Crippen molar-refractivity contribution in [1.29, 1.82) is 0 Å². The van der Waals surface area contributed by atoms with Gasteiger partial charge in [0.2, 0.25) is 5.89 Å². The third kappa shape index (κ3) is 7.53. The summed E-state index contributed by atoms with van der Waals surface area (Å²) in [7, 11) is -6.77. The zero-order valence-corrected chi connectivity index (χ0v) is 36.9. The highest BCUT2D eigenvalue weighted by molar-refractivity contribution is 7.90. The number of ketones is 1. The van der Waals surface area contributed by atoms with Gasteiger partial charge in [-0.05, 0) is 60.7 Å². The second-order valence-electron chi connectivity index (χ2n) is 16.4. The van der Waals surface area contributed by atoms with Crippen LogP contribution in [-0.4, -0.2) is 69.1 Å². The van der Waals surface area contributed by atoms with E-state index in [2.05, 4.69) is 4.98 Å². The number of aromatic nitrogens is 1. The van der Waals surface area contributed by atoms with Gasteiger partial charge in [-0.2, -0.15) is 4.31 Å². The number of rotatable bonds is 12. The number of Topliss-reactive ketones (excluding diaryl/α,β-unsaturated/α-hetero) is 1. The van der Waals surface area contributed by atoms with Crippen LogP contribution in [0.25, 0.3) is 10.8 Å². The number of methoxy groups -OCH3 is 1. The van der Waals surface area contributed by atoms with Crippen LogP contribution in [0.5, 0.6) is 5.75 Å². The van der Waals surface area contributed by atoms with Gasteiger partial charge in [0.25, 0.3) is 10.0 Å². The topological polar surface area (TPSA) is 146 Å². The molecule has 15 heteroatoms. The smallest absolute Gasteiger partial charge is 0.340 e. The second kappa shape index (κ2) is 16.2. The van der Waals surface area contributed by atoms with E-state index in [1.54, 1.807) is 20.1 Å². The molecule has 59 heavy (non-hydrogen) atoms. The summed E-state index contributed by atoms with van der Waals surface area (Å²) in [6, 6.07) is 25.4. The number of ether oxygens (including phenoxy) is 2. The predicted octanol–water partition coefficient (Wildman–Crippen LogP) is 7.80. The molecule has 5 aromatic rings. The Morgan fingerprint density at radius 1 is 0.932 bits per heavy atom. The van der Waals surface area contributed by atoms with E-state index in [9.17, 15) is 4.79 Å². The van der Waals surface area contributed by atoms with Crippen LogP contribution in [0.2, 0.25) is 5.04 Å². The number of benzene rings is 3. The van der Waals surface area contributed by atoms with E-state index >= 15 is 18.0 Å². The molecular weight excluding hydrogens is 807 g/mol. The molecule has 310 valence electrons. The Morgan fingerprint density at radius 2 is 1.53 bits per heavy atom. The van der Waals surface area contributed by atoms with Crippen LogP contribution in [0.15, 0.2) is 107 Å². The van der Waals surface area contributed by atoms with Crippen molar-refractivity contribution in [2.75, 3.05) is 18.6 Å². The number of urea groups is 1. The van der Waals surface area contributed by atoms with Crippen molar-refractivity contribution in [1.82, 2.24) is 9.29 Å². The molecule has 0 N–H and O–H groups in total. The number of hydrogen-bond acceptors (Lipinski definition) is 11. The SMILES string of the molecule is COc1ccccc1[C@H](CN1C(=O)N(C(C)(C)C(=O)O[Si](c2ccccc2)(c2ccccc2)C(C)(C)C)S(=O)(=O)c2c1sc(-c1ncco1)c2C)OC1CCC(=O)CC1. The number of carbonyl (C=O) groups is 3. The van der Waals surface area contributed by atoms with Crippen LogP contribution in [-0.2, 0) is 28.8 Å². The summed E-state index contributed by atoms with van der Waals surface area (Å²) >= 11 is 1.06. The van der Waals surface area contributed by atoms with Crippen molar-refractivity contribution < 1.29 is 41.1 Å². The van der Waals surface area contributed by atoms with Gasteiger partial charge in [-0.15, -0.1) is 11.3 Å². The molecule has 1 saturated carbocycles. The number of carbonyl (C=O) groups excluding carboxylic acids is 3. The van der Waals surface area contributed by atoms with Gasteiger partial charge in [0, 0.05) is 18.4 Å². The summed E-state index contributed by atoms with van der Waals surface area (Å²) in [5.74, 6) is -0.0190. The minimum absolute atomic E-state index is 0.135. The van der Waals surface area contributed by atoms with E-state index in [0.29, 0.717) is 51.7 Å². The van der Waals surface area contributed by atoms with Crippen molar-refractivity contribution in [2.45, 2.75) is 94.9 Å². The lowest BCUT2D eigenvalue weighted by Gasteiger charge is -2.46. The summed E-state index contributed by atoms with van der Waals surface area (Å²) < 4.78 is 56.1. The number of nitrogens with zero attached hydrogens (tertiary/aromatic N) is 3. The van der Waals surface area contributed by atoms with Crippen molar-refractivity contribution >= 4 is 62.8 Å². The molecule has 1 aliphatic heterocycles. The maximum Gasteiger partial charge on any atom is 0.340 e. The number of oxazole rings is 1. The van der Waals surface area contributed by atoms with Crippen LogP contribution in [0.3, 0.4) is 0 Å². The minimum atomic E-state index is -4.74. The van der Waals surface area contributed by atoms with E-state index < -0.39 is 47.0 Å². The van der Waals surface area contributed by atoms with Crippen molar-refractivity contribution in [2.24, 2.45) is 0 Å². The number of thiophene rings is 1. The number of sulfonamides is 1. The summed E-state index contributed by atoms with van der Waals surface area (Å²) in [6.45, 7) is 10.3. The quantitative estimate of drug-likeness (QED) is 0.114. The van der Waals surface area contributed by atoms with Crippen LogP contribution in [0, 0.1) is 6.92 Å². The molecule has 0 bridgehead atoms. The zero-order valence-electron chi connectivity index (χ0n) is 34.3. The highest BCUT2D eigenvalue weighted by Gasteiger charge is 2.59. The molecule has 2 amide bonds. The fourth-order valence-electron chi connectivity index (χ4n) is 8.19. The van der Waals surface area contributed by atoms with Crippen molar-refractivity contribution in [3.63, 3.8) is 0 Å². The third-order valence-electron chi connectivity index (χ3n) is 11.2. The average molecular weight is 856 g/mol. The first kappa shape index (κ1) is 42.0. The van der Waals surface area contributed by atoms with Crippen molar-refractivity contribution in [3.8, 4) is 16.5 Å². The average Bonchev–Trinajstić information content (AvgIpc) is 3.87. The summed E-state index contributed by atoms with van der Waals surface area (Å²) in [5, 5.41) is 1.12. The lowest BCUT2D eigenvalue weighted by atomic mass is 9.96. The van der Waals surface area contributed by atoms with Crippen LogP contribution >= 0.6 is 11.3 Å². The molecule has 2 aliphatic rings. The van der Waals surface area contributed by atoms with Gasteiger partial charge in [-0.25, -0.2) is 18.2 Å². The Kier molecular flexibility index (Phi) is 11.5. The maximum absolute atomic E-state index is 15.3. The highest BCUT2D eigenvalue weighted by atomic mass is 32.2. The van der Waals surface area contributed by atoms with E-state index in [1.165, 1.54) is 31.2 Å². The first-order valence-electron chi connectivity index (χ1n) is 19.6. The molecule has 1 atom stereocenters. The molecule has 1 fully saturated rings. The van der Waals surface area contributed by atoms with Gasteiger partial charge in [0.15, 0.2) is 5.54 Å². The van der Waals surface area contributed by atoms with Crippen molar-refractivity contribution in [3.05, 3.63) is 109 Å². The van der Waals surface area contributed by atoms with Gasteiger partial charge in [-0.3, -0.25) is 14.5 Å². The van der Waals surface area contributed by atoms with E-state index in [-0.39, 0.29) is 34.2 Å². The molecule has 0 saturated heterocycles. The largest absolute Gasteiger partial charge is 0.508 e. The Morgan fingerprint density at radius 3 is 2.08 bits per heavy atom. The van der Waals surface area contributed by atoms with Crippen LogP contribution in [0.1, 0.15) is 77.5 Å². The molecule has 2 aromatic heterocycles. The minimum Gasteiger partial charge on any atom is -0.508 e. The number of para-hydroxylation sites is 1. The summed E-state index contributed by atoms with van der Waals surface area (Å²) in [4.78, 5) is 48.6. The molecule has 7 rings (SSSR count). The highest BCUT2D eigenvalue weighted by Crippen LogP contribution is 2.50. The summed E-state index contributed by atoms with van der Waals surface area (Å²) in [6.07, 6.45) is 3.44. The zero-order chi connectivity index (χ0) is 42.3. The molecule has 12 nitrogen and oxygen atoms in total. The first-order valence-corrected chi connectivity index (χ1v) is 23.7. The number of hydrogen-bond donors (Lipinski definition) is 0. The molecule has 3 heterocycles. The standard InChI is InChI=1S/C44H49N3O9S2Si/c1-29-37(39-45-26-27-54-39)57-40-38(29)58(51,52)47(42(50)46(40)28-36(34-20-14-15-21-35(34)53-7)55-31-24-22-30(48)23-25-31)44(5,6)41(49)56-59(43(2,3)4,32-16-10-8-11-17-32)33-18-12-9-13-19-33/h8-21,26-27,31,36H,22-25,28H2,1-7H3/t36-/m0/s1. The molecular formula is C44H49N3O9S2Si.